The Bertz CT molecular complexity index is 4720. The standard InChI is InChI=1S/C102H124N2O2S12/c1-5-9-13-17-21-25-27-31-35-39-45-73(43-37-33-29-23-19-15-11-7-3)71-103-99(95-67-65-93(117-95)91-63-61-89(115-91)87-59-57-85(113-87)83-55-53-81(111-83)79-51-49-77(109-79)75-47-41-69-107-75)97-98(101(103)105)100(104(102(97)106)72-74(44-38-34-30-24-20-16-12-8-4)46-40-36-32-28-26-22-18-14-10-6-2)96-68-66-94(118-96)92-64-62-90(116-92)88-60-58-86(114-88)84-56-54-82(112-84)80-52-50-78(110-80)76-48-42-70-108-76/h41-42,47-70,73-74H,5-40,43-46,71-72H2,1-4H3. The molecule has 118 heavy (non-hydrogen) atoms. The van der Waals surface area contributed by atoms with E-state index >= 15 is 9.59 Å². The van der Waals surface area contributed by atoms with E-state index in [-0.39, 0.29) is 11.8 Å². The van der Waals surface area contributed by atoms with Crippen LogP contribution in [0.15, 0.2) is 167 Å². The van der Waals surface area contributed by atoms with Gasteiger partial charge in [-0.3, -0.25) is 9.59 Å². The predicted molar refractivity (Wildman–Crippen MR) is 533 cm³/mol. The smallest absolute Gasteiger partial charge is 0.261 e. The van der Waals surface area contributed by atoms with E-state index in [0.717, 1.165) is 46.8 Å². The lowest BCUT2D eigenvalue weighted by molar-refractivity contribution is -0.124. The van der Waals surface area contributed by atoms with Crippen molar-refractivity contribution >= 4 is 159 Å². The molecule has 0 radical (unpaired) electrons. The van der Waals surface area contributed by atoms with Crippen LogP contribution in [0.5, 0.6) is 0 Å². The molecule has 16 heteroatoms. The highest BCUT2D eigenvalue weighted by atomic mass is 32.1. The molecular weight excluding hydrogens is 1670 g/mol. The third kappa shape index (κ3) is 24.2. The third-order valence-electron chi connectivity index (χ3n) is 23.9. The van der Waals surface area contributed by atoms with E-state index in [4.69, 9.17) is 0 Å². The van der Waals surface area contributed by atoms with Gasteiger partial charge in [0, 0.05) is 111 Å². The molecule has 4 nitrogen and oxygen atoms in total. The zero-order valence-electron chi connectivity index (χ0n) is 70.5. The Morgan fingerprint density at radius 3 is 0.568 bits per heavy atom. The van der Waals surface area contributed by atoms with E-state index in [9.17, 15) is 0 Å². The molecule has 0 bridgehead atoms. The van der Waals surface area contributed by atoms with Crippen LogP contribution in [0, 0.1) is 11.8 Å². The molecule has 2 aliphatic rings. The predicted octanol–water partition coefficient (Wildman–Crippen LogP) is 37.8. The highest BCUT2D eigenvalue weighted by Crippen LogP contribution is 2.54. The summed E-state index contributed by atoms with van der Waals surface area (Å²) in [6.07, 6.45) is 51.1. The Hall–Kier alpha value is -5.18. The van der Waals surface area contributed by atoms with Crippen molar-refractivity contribution < 1.29 is 9.59 Å². The monoisotopic (exact) mass is 1790 g/mol. The fraction of sp³-hybridized carbons (Fsp3) is 0.471. The van der Waals surface area contributed by atoms with Gasteiger partial charge in [-0.05, 0) is 182 Å². The van der Waals surface area contributed by atoms with Gasteiger partial charge in [0.2, 0.25) is 0 Å². The molecule has 12 aromatic heterocycles. The minimum atomic E-state index is 0.0330. The maximum Gasteiger partial charge on any atom is 0.261 e. The van der Waals surface area contributed by atoms with Crippen LogP contribution in [0.3, 0.4) is 0 Å². The van der Waals surface area contributed by atoms with Crippen molar-refractivity contribution in [1.82, 2.24) is 9.80 Å². The average Bonchev–Trinajstić information content (AvgIpc) is 1.55. The lowest BCUT2D eigenvalue weighted by Crippen LogP contribution is -2.34. The van der Waals surface area contributed by atoms with Gasteiger partial charge in [0.25, 0.3) is 11.8 Å². The number of thiophene rings is 12. The van der Waals surface area contributed by atoms with Crippen LogP contribution < -0.4 is 0 Å². The number of amides is 2. The number of hydrogen-bond donors (Lipinski definition) is 0. The maximum atomic E-state index is 16.8. The number of hydrogen-bond acceptors (Lipinski definition) is 14. The van der Waals surface area contributed by atoms with Gasteiger partial charge in [-0.1, -0.05) is 271 Å². The molecule has 0 saturated carbocycles. The summed E-state index contributed by atoms with van der Waals surface area (Å²) >= 11 is 22.2. The quantitative estimate of drug-likeness (QED) is 0.0357. The fourth-order valence-electron chi connectivity index (χ4n) is 17.3. The van der Waals surface area contributed by atoms with Gasteiger partial charge in [-0.2, -0.15) is 0 Å². The number of nitrogens with zero attached hydrogens (tertiary/aromatic N) is 2. The van der Waals surface area contributed by atoms with Gasteiger partial charge in [-0.15, -0.1) is 136 Å². The van der Waals surface area contributed by atoms with E-state index in [2.05, 4.69) is 194 Å². The second kappa shape index (κ2) is 47.1. The van der Waals surface area contributed by atoms with E-state index in [1.807, 2.05) is 90.7 Å². The molecule has 12 aromatic rings. The highest BCUT2D eigenvalue weighted by molar-refractivity contribution is 7.32. The molecule has 0 N–H and O–H groups in total. The molecule has 2 amide bonds. The van der Waals surface area contributed by atoms with Crippen molar-refractivity contribution in [2.75, 3.05) is 13.1 Å². The summed E-state index contributed by atoms with van der Waals surface area (Å²) in [7, 11) is 0. The van der Waals surface area contributed by atoms with Gasteiger partial charge >= 0.3 is 0 Å². The largest absolute Gasteiger partial charge is 0.306 e. The van der Waals surface area contributed by atoms with Crippen LogP contribution in [-0.2, 0) is 9.59 Å². The number of carbonyl (C=O) groups excluding carboxylic acids is 2. The Labute approximate surface area is 755 Å². The van der Waals surface area contributed by atoms with Crippen molar-refractivity contribution in [1.29, 1.82) is 0 Å². The SMILES string of the molecule is CCCCCCCCCCCCC(CCCCCCCCCC)CN1C(=O)C2=C(c3ccc(-c4ccc(-c5ccc(-c6ccc(-c7ccc(-c8cccs8)s7)s6)s5)s4)s3)N(CC(CCCCCCCCCC)CCCCCCCCCCCC)C(=O)C2=C1c1ccc(-c2ccc(-c3ccc(-c4ccc(-c5ccc(-c6cccs6)s5)s4)s3)s2)s1. The van der Waals surface area contributed by atoms with Crippen LogP contribution in [0.1, 0.15) is 294 Å². The number of rotatable bonds is 56. The second-order valence-electron chi connectivity index (χ2n) is 33.1. The average molecular weight is 1790 g/mol. The molecule has 2 unspecified atom stereocenters. The van der Waals surface area contributed by atoms with Crippen molar-refractivity contribution in [3.63, 3.8) is 0 Å². The van der Waals surface area contributed by atoms with Crippen LogP contribution in [0.25, 0.3) is 109 Å². The summed E-state index contributed by atoms with van der Waals surface area (Å²) in [5.41, 5.74) is 3.03. The molecule has 626 valence electrons. The van der Waals surface area contributed by atoms with E-state index in [1.165, 1.54) is 329 Å². The Kier molecular flexibility index (Phi) is 35.5. The molecule has 0 saturated heterocycles. The van der Waals surface area contributed by atoms with Gasteiger partial charge in [0.15, 0.2) is 0 Å². The van der Waals surface area contributed by atoms with Gasteiger partial charge < -0.3 is 9.80 Å². The van der Waals surface area contributed by atoms with Crippen molar-refractivity contribution in [2.45, 2.75) is 285 Å². The molecule has 14 rings (SSSR count). The second-order valence-corrected chi connectivity index (χ2v) is 45.8. The van der Waals surface area contributed by atoms with E-state index < -0.39 is 0 Å². The van der Waals surface area contributed by atoms with Crippen molar-refractivity contribution in [3.05, 3.63) is 177 Å². The maximum absolute atomic E-state index is 16.8. The minimum absolute atomic E-state index is 0.0330. The Morgan fingerprint density at radius 1 is 0.212 bits per heavy atom. The summed E-state index contributed by atoms with van der Waals surface area (Å²) in [5, 5.41) is 4.33. The Balaban J connectivity index is 0.786. The topological polar surface area (TPSA) is 40.6 Å². The first kappa shape index (κ1) is 89.1. The molecule has 0 spiro atoms. The number of fused-ring (bicyclic) bond motifs is 1. The minimum Gasteiger partial charge on any atom is -0.306 e. The zero-order chi connectivity index (χ0) is 81.0. The first-order valence-electron chi connectivity index (χ1n) is 45.4. The van der Waals surface area contributed by atoms with Crippen molar-refractivity contribution in [2.24, 2.45) is 11.8 Å². The first-order chi connectivity index (χ1) is 58.2. The summed E-state index contributed by atoms with van der Waals surface area (Å²) < 4.78 is 0. The zero-order valence-corrected chi connectivity index (χ0v) is 80.3. The van der Waals surface area contributed by atoms with Gasteiger partial charge in [0.05, 0.1) is 32.3 Å². The molecule has 0 aliphatic carbocycles. The van der Waals surface area contributed by atoms with E-state index in [1.54, 1.807) is 45.3 Å². The first-order valence-corrected chi connectivity index (χ1v) is 55.4. The lowest BCUT2D eigenvalue weighted by Gasteiger charge is -2.29. The molecule has 14 heterocycles. The molecule has 2 atom stereocenters. The normalized spacial score (nSPS) is 13.7. The molecular formula is C102H124N2O2S12. The van der Waals surface area contributed by atoms with Crippen LogP contribution in [0.4, 0.5) is 0 Å². The van der Waals surface area contributed by atoms with Crippen LogP contribution in [-0.4, -0.2) is 34.7 Å². The van der Waals surface area contributed by atoms with Gasteiger partial charge in [0.1, 0.15) is 0 Å². The number of carbonyl (C=O) groups is 2. The lowest BCUT2D eigenvalue weighted by atomic mass is 9.93. The van der Waals surface area contributed by atoms with Gasteiger partial charge in [-0.25, -0.2) is 0 Å². The van der Waals surface area contributed by atoms with Crippen LogP contribution in [0.2, 0.25) is 0 Å². The number of unbranched alkanes of at least 4 members (excludes halogenated alkanes) is 32. The Morgan fingerprint density at radius 2 is 0.381 bits per heavy atom. The molecule has 0 aromatic carbocycles. The summed E-state index contributed by atoms with van der Waals surface area (Å²) in [4.78, 5) is 65.7. The summed E-state index contributed by atoms with van der Waals surface area (Å²) in [6, 6.07) is 54.7. The van der Waals surface area contributed by atoms with Crippen molar-refractivity contribution in [3.8, 4) is 97.5 Å². The molecule has 2 aliphatic heterocycles. The highest BCUT2D eigenvalue weighted by Gasteiger charge is 2.50. The fourth-order valence-corrected chi connectivity index (χ4v) is 29.8. The summed E-state index contributed by atoms with van der Waals surface area (Å²) in [6.45, 7) is 10.5. The van der Waals surface area contributed by atoms with Crippen LogP contribution >= 0.6 is 136 Å². The summed E-state index contributed by atoms with van der Waals surface area (Å²) in [5.74, 6) is 0.724. The molecule has 0 fully saturated rings. The van der Waals surface area contributed by atoms with E-state index in [0.29, 0.717) is 36.1 Å². The third-order valence-corrected chi connectivity index (χ3v) is 38.5.